The molecule has 0 aromatic heterocycles. The molecule has 282 valence electrons. The van der Waals surface area contributed by atoms with Crippen LogP contribution in [0.25, 0.3) is 11.1 Å². The molecule has 0 bridgehead atoms. The van der Waals surface area contributed by atoms with Crippen LogP contribution >= 0.6 is 0 Å². The number of nitrogens with one attached hydrogen (secondary N) is 1. The van der Waals surface area contributed by atoms with Gasteiger partial charge in [-0.05, 0) is 47.4 Å². The number of hydrogen-bond donors (Lipinski definition) is 3. The normalized spacial score (nSPS) is 14.2. The van der Waals surface area contributed by atoms with Crippen LogP contribution in [0.2, 0.25) is 0 Å². The summed E-state index contributed by atoms with van der Waals surface area (Å²) in [5, 5.41) is 23.1. The highest BCUT2D eigenvalue weighted by atomic mass is 16.5. The Morgan fingerprint density at radius 3 is 1.88 bits per heavy atom. The molecule has 0 saturated carbocycles. The molecule has 2 aromatic rings. The van der Waals surface area contributed by atoms with Crippen LogP contribution in [0, 0.1) is 11.3 Å². The Labute approximate surface area is 304 Å². The Morgan fingerprint density at radius 1 is 0.784 bits per heavy atom. The van der Waals surface area contributed by atoms with Gasteiger partial charge in [0.15, 0.2) is 0 Å². The maximum Gasteiger partial charge on any atom is 0.317 e. The summed E-state index contributed by atoms with van der Waals surface area (Å²) in [4.78, 5) is 49.9. The first-order valence-corrected chi connectivity index (χ1v) is 19.2. The second-order valence-corrected chi connectivity index (χ2v) is 14.8. The molecule has 1 aliphatic rings. The molecule has 0 saturated heterocycles. The summed E-state index contributed by atoms with van der Waals surface area (Å²) >= 11 is 0. The molecular formula is C42H61NO8. The third-order valence-electron chi connectivity index (χ3n) is 10.2. The molecule has 1 amide bonds. The number of aliphatic hydroxyl groups excluding tert-OH is 1. The van der Waals surface area contributed by atoms with Gasteiger partial charge >= 0.3 is 17.9 Å². The molecule has 0 heterocycles. The van der Waals surface area contributed by atoms with Gasteiger partial charge in [-0.3, -0.25) is 19.2 Å². The van der Waals surface area contributed by atoms with Crippen LogP contribution in [0.15, 0.2) is 48.5 Å². The van der Waals surface area contributed by atoms with Gasteiger partial charge in [0.25, 0.3) is 0 Å². The van der Waals surface area contributed by atoms with Crippen LogP contribution in [0.1, 0.15) is 141 Å². The van der Waals surface area contributed by atoms with E-state index in [1.807, 2.05) is 24.3 Å². The molecular weight excluding hydrogens is 646 g/mol. The van der Waals surface area contributed by atoms with Crippen molar-refractivity contribution in [2.24, 2.45) is 11.3 Å². The Morgan fingerprint density at radius 2 is 1.31 bits per heavy atom. The minimum Gasteiger partial charge on any atom is -0.481 e. The van der Waals surface area contributed by atoms with E-state index in [1.165, 1.54) is 19.3 Å². The van der Waals surface area contributed by atoms with Crippen molar-refractivity contribution in [3.63, 3.8) is 0 Å². The van der Waals surface area contributed by atoms with Gasteiger partial charge in [0, 0.05) is 17.9 Å². The van der Waals surface area contributed by atoms with Crippen molar-refractivity contribution in [3.8, 4) is 11.1 Å². The van der Waals surface area contributed by atoms with E-state index in [1.54, 1.807) is 13.8 Å². The molecule has 0 radical (unpaired) electrons. The highest BCUT2D eigenvalue weighted by Gasteiger charge is 2.39. The van der Waals surface area contributed by atoms with Gasteiger partial charge in [-0.2, -0.15) is 0 Å². The van der Waals surface area contributed by atoms with E-state index in [4.69, 9.17) is 9.47 Å². The van der Waals surface area contributed by atoms with Gasteiger partial charge in [-0.25, -0.2) is 0 Å². The maximum atomic E-state index is 13.2. The van der Waals surface area contributed by atoms with Crippen molar-refractivity contribution in [2.75, 3.05) is 13.2 Å². The quantitative estimate of drug-likeness (QED) is 0.0532. The molecule has 3 rings (SSSR count). The second kappa shape index (κ2) is 21.6. The molecule has 3 N–H and O–H groups in total. The smallest absolute Gasteiger partial charge is 0.317 e. The number of unbranched alkanes of at least 4 members (excludes halogenated alkanes) is 8. The average molecular weight is 708 g/mol. The van der Waals surface area contributed by atoms with E-state index in [9.17, 15) is 29.4 Å². The van der Waals surface area contributed by atoms with Gasteiger partial charge < -0.3 is 25.0 Å². The third kappa shape index (κ3) is 13.4. The number of carbonyl (C=O) groups is 4. The molecule has 0 fully saturated rings. The van der Waals surface area contributed by atoms with Crippen molar-refractivity contribution >= 4 is 23.8 Å². The minimum absolute atomic E-state index is 0.00222. The fourth-order valence-electron chi connectivity index (χ4n) is 7.23. The van der Waals surface area contributed by atoms with Gasteiger partial charge in [0.05, 0.1) is 6.42 Å². The summed E-state index contributed by atoms with van der Waals surface area (Å²) in [6, 6.07) is 16.2. The summed E-state index contributed by atoms with van der Waals surface area (Å²) in [5.74, 6) is -3.23. The summed E-state index contributed by atoms with van der Waals surface area (Å²) in [6.07, 6.45) is 9.88. The number of carbonyl (C=O) groups excluding carboxylic acids is 3. The zero-order chi connectivity index (χ0) is 37.2. The zero-order valence-electron chi connectivity index (χ0n) is 31.3. The number of benzene rings is 2. The molecule has 0 spiro atoms. The molecule has 3 unspecified atom stereocenters. The third-order valence-corrected chi connectivity index (χ3v) is 10.2. The maximum absolute atomic E-state index is 13.2. The summed E-state index contributed by atoms with van der Waals surface area (Å²) in [5.41, 5.74) is 3.51. The molecule has 9 nitrogen and oxygen atoms in total. The number of carboxylic acids is 1. The van der Waals surface area contributed by atoms with Crippen molar-refractivity contribution in [1.82, 2.24) is 5.32 Å². The van der Waals surface area contributed by atoms with E-state index < -0.39 is 47.9 Å². The molecule has 2 aromatic carbocycles. The van der Waals surface area contributed by atoms with Crippen molar-refractivity contribution in [2.45, 2.75) is 142 Å². The number of ether oxygens (including phenoxy) is 2. The van der Waals surface area contributed by atoms with Crippen LogP contribution in [0.5, 0.6) is 0 Å². The van der Waals surface area contributed by atoms with Crippen LogP contribution < -0.4 is 5.32 Å². The Balaban J connectivity index is 1.58. The number of aliphatic carboxylic acids is 1. The number of aliphatic hydroxyl groups is 1. The fraction of sp³-hybridized carbons (Fsp3) is 0.619. The van der Waals surface area contributed by atoms with Gasteiger partial charge in [0.1, 0.15) is 25.2 Å². The predicted molar refractivity (Wildman–Crippen MR) is 199 cm³/mol. The first-order valence-electron chi connectivity index (χ1n) is 19.2. The monoisotopic (exact) mass is 707 g/mol. The van der Waals surface area contributed by atoms with E-state index in [2.05, 4.69) is 43.4 Å². The van der Waals surface area contributed by atoms with Crippen molar-refractivity contribution in [1.29, 1.82) is 0 Å². The van der Waals surface area contributed by atoms with Gasteiger partial charge in [0.2, 0.25) is 5.91 Å². The largest absolute Gasteiger partial charge is 0.481 e. The average Bonchev–Trinajstić information content (AvgIpc) is 3.42. The number of amides is 1. The molecule has 51 heavy (non-hydrogen) atoms. The predicted octanol–water partition coefficient (Wildman–Crippen LogP) is 8.35. The standard InChI is InChI=1S/C42H61NO8/c1-5-7-9-11-12-14-20-30(19-13-10-8-6-2)36(51-39(47)27-37(44)45)28-42(3,4)40(48)41(49)43-26-25-38(46)50-29-35-33-23-17-15-21-31(33)32-22-16-18-24-34(32)35/h15-18,21-24,30,35-36,40,48H,5-14,19-20,25-29H2,1-4H3,(H,43,49)(H,44,45). The number of hydrogen-bond acceptors (Lipinski definition) is 7. The summed E-state index contributed by atoms with van der Waals surface area (Å²) < 4.78 is 11.5. The first-order chi connectivity index (χ1) is 24.5. The Bertz CT molecular complexity index is 1360. The zero-order valence-corrected chi connectivity index (χ0v) is 31.3. The van der Waals surface area contributed by atoms with Crippen molar-refractivity contribution in [3.05, 3.63) is 59.7 Å². The van der Waals surface area contributed by atoms with Gasteiger partial charge in [-0.1, -0.05) is 140 Å². The highest BCUT2D eigenvalue weighted by molar-refractivity contribution is 5.90. The van der Waals surface area contributed by atoms with Crippen LogP contribution in [-0.2, 0) is 28.7 Å². The minimum atomic E-state index is -1.45. The first kappa shape index (κ1) is 41.7. The molecule has 3 atom stereocenters. The fourth-order valence-corrected chi connectivity index (χ4v) is 7.23. The lowest BCUT2D eigenvalue weighted by Crippen LogP contribution is -2.47. The van der Waals surface area contributed by atoms with E-state index >= 15 is 0 Å². The molecule has 0 aliphatic heterocycles. The van der Waals surface area contributed by atoms with E-state index in [0.29, 0.717) is 0 Å². The van der Waals surface area contributed by atoms with E-state index in [-0.39, 0.29) is 37.8 Å². The molecule has 9 heteroatoms. The van der Waals surface area contributed by atoms with Crippen molar-refractivity contribution < 1.29 is 38.9 Å². The summed E-state index contributed by atoms with van der Waals surface area (Å²) in [7, 11) is 0. The SMILES string of the molecule is CCCCCCCCC(CCCCCC)C(CC(C)(C)C(O)C(=O)NCCC(=O)OCC1c2ccccc2-c2ccccc21)OC(=O)CC(=O)O. The van der Waals surface area contributed by atoms with E-state index in [0.717, 1.165) is 80.0 Å². The van der Waals surface area contributed by atoms with Crippen LogP contribution in [0.4, 0.5) is 0 Å². The Hall–Kier alpha value is -3.72. The highest BCUT2D eigenvalue weighted by Crippen LogP contribution is 2.44. The van der Waals surface area contributed by atoms with Gasteiger partial charge in [-0.15, -0.1) is 0 Å². The second-order valence-electron chi connectivity index (χ2n) is 14.8. The lowest BCUT2D eigenvalue weighted by Gasteiger charge is -2.36. The van der Waals surface area contributed by atoms with Crippen LogP contribution in [-0.4, -0.2) is 59.4 Å². The number of esters is 2. The van der Waals surface area contributed by atoms with Crippen LogP contribution in [0.3, 0.4) is 0 Å². The number of carboxylic acid groups (broad SMARTS) is 1. The molecule has 1 aliphatic carbocycles. The number of rotatable bonds is 25. The summed E-state index contributed by atoms with van der Waals surface area (Å²) in [6.45, 7) is 8.02. The Kier molecular flexibility index (Phi) is 17.7. The lowest BCUT2D eigenvalue weighted by molar-refractivity contribution is -0.160. The topological polar surface area (TPSA) is 139 Å². The number of fused-ring (bicyclic) bond motifs is 3. The lowest BCUT2D eigenvalue weighted by atomic mass is 9.76.